The number of hydrogen-bond donors (Lipinski definition) is 1. The molecule has 9 aromatic rings. The van der Waals surface area contributed by atoms with Gasteiger partial charge in [0.15, 0.2) is 0 Å². The summed E-state index contributed by atoms with van der Waals surface area (Å²) in [5.74, 6) is 0.935. The second kappa shape index (κ2) is 18.0. The number of para-hydroxylation sites is 3. The molecule has 0 unspecified atom stereocenters. The third kappa shape index (κ3) is 8.63. The van der Waals surface area contributed by atoms with Crippen LogP contribution in [0.25, 0.3) is 61.6 Å². The molecule has 8 heteroatoms. The molecule has 7 aromatic carbocycles. The van der Waals surface area contributed by atoms with Crippen LogP contribution in [0.5, 0.6) is 5.75 Å². The summed E-state index contributed by atoms with van der Waals surface area (Å²) in [6.45, 7) is 26.9. The molecule has 2 aliphatic rings. The predicted molar refractivity (Wildman–Crippen MR) is 299 cm³/mol. The van der Waals surface area contributed by atoms with Gasteiger partial charge < -0.3 is 10.0 Å². The number of anilines is 3. The molecular formula is C64H61N4OPtS2-. The Kier molecular flexibility index (Phi) is 12.4. The second-order valence-corrected chi connectivity index (χ2v) is 25.4. The van der Waals surface area contributed by atoms with Crippen molar-refractivity contribution >= 4 is 51.6 Å². The van der Waals surface area contributed by atoms with Crippen molar-refractivity contribution in [2.75, 3.05) is 4.90 Å². The van der Waals surface area contributed by atoms with Gasteiger partial charge in [0.2, 0.25) is 0 Å². The third-order valence-corrected chi connectivity index (χ3v) is 16.3. The van der Waals surface area contributed by atoms with Gasteiger partial charge in [-0.25, -0.2) is 4.98 Å². The molecule has 0 amide bonds. The summed E-state index contributed by atoms with van der Waals surface area (Å²) < 4.78 is 2.30. The number of aromatic hydroxyl groups is 1. The Morgan fingerprint density at radius 3 is 1.76 bits per heavy atom. The Hall–Kier alpha value is -5.85. The Bertz CT molecular complexity index is 3590. The summed E-state index contributed by atoms with van der Waals surface area (Å²) in [5.41, 5.74) is 16.6. The summed E-state index contributed by atoms with van der Waals surface area (Å²) in [7, 11) is 0. The molecule has 366 valence electrons. The van der Waals surface area contributed by atoms with E-state index in [0.29, 0.717) is 11.4 Å². The average molecular weight is 1160 g/mol. The zero-order valence-electron chi connectivity index (χ0n) is 43.2. The molecule has 2 aromatic heterocycles. The topological polar surface area (TPSA) is 54.2 Å². The SMILES string of the molecule is CC(C)(C)c1cc(-c2ncc3c4c2Sc2ccccc2N4c2ccccc2S3)[c-]c(-c2cccc3c2nc(-c2cc(C(C)(C)C)cc(C(C)(C)C)c2O)n3-c2ccc(C(C)(C)C)cc2-c2ccccc2)c1.[Pt]. The average Bonchev–Trinajstić information content (AvgIpc) is 3.72. The van der Waals surface area contributed by atoms with Gasteiger partial charge in [-0.05, 0) is 86.9 Å². The number of benzene rings is 7. The van der Waals surface area contributed by atoms with Gasteiger partial charge >= 0.3 is 0 Å². The number of nitrogens with zero attached hydrogens (tertiary/aromatic N) is 4. The van der Waals surface area contributed by atoms with E-state index in [1.165, 1.54) is 38.0 Å². The molecule has 11 rings (SSSR count). The van der Waals surface area contributed by atoms with E-state index in [1.54, 1.807) is 23.5 Å². The number of phenols is 1. The summed E-state index contributed by atoms with van der Waals surface area (Å²) in [6.07, 6.45) is 2.06. The molecule has 0 fully saturated rings. The molecule has 0 saturated heterocycles. The quantitative estimate of drug-likeness (QED) is 0.173. The standard InChI is InChI=1S/C64H61N4OS2.Pt/c1-61(2,3)41-29-30-48(45(34-41)38-21-14-13-15-22-38)68-51-26-20-23-44(56(51)66-60(68)46-35-43(63(7,8)9)36-47(58(46)69)64(10,11)12)39-31-40(33-42(32-39)62(4,5)6)55-59-57-54(37-65-55)70-52-27-18-16-24-49(52)67(57)50-25-17-19-28-53(50)71-59;/h13-30,32-37,69H,1-12H3;/q-1;. The first-order chi connectivity index (χ1) is 33.6. The fraction of sp³-hybridized carbons (Fsp3) is 0.250. The normalized spacial score (nSPS) is 13.4. The molecule has 2 aliphatic heterocycles. The first kappa shape index (κ1) is 49.7. The van der Waals surface area contributed by atoms with Crippen LogP contribution in [0.4, 0.5) is 17.1 Å². The van der Waals surface area contributed by atoms with Crippen LogP contribution in [-0.2, 0) is 42.7 Å². The maximum atomic E-state index is 12.7. The molecule has 0 aliphatic carbocycles. The fourth-order valence-electron chi connectivity index (χ4n) is 9.97. The Morgan fingerprint density at radius 1 is 0.514 bits per heavy atom. The number of aromatic nitrogens is 3. The van der Waals surface area contributed by atoms with Gasteiger partial charge in [0.25, 0.3) is 0 Å². The molecule has 0 atom stereocenters. The van der Waals surface area contributed by atoms with Gasteiger partial charge in [0.1, 0.15) is 11.6 Å². The van der Waals surface area contributed by atoms with Gasteiger partial charge in [-0.2, -0.15) is 0 Å². The number of fused-ring (bicyclic) bond motifs is 5. The van der Waals surface area contributed by atoms with Crippen molar-refractivity contribution in [2.24, 2.45) is 0 Å². The predicted octanol–water partition coefficient (Wildman–Crippen LogP) is 18.2. The summed E-state index contributed by atoms with van der Waals surface area (Å²) in [6, 6.07) is 54.3. The zero-order valence-corrected chi connectivity index (χ0v) is 47.1. The smallest absolute Gasteiger partial charge is 0.148 e. The number of hydrogen-bond acceptors (Lipinski definition) is 6. The number of rotatable bonds is 5. The Balaban J connectivity index is 0.00000596. The second-order valence-electron chi connectivity index (χ2n) is 23.3. The zero-order chi connectivity index (χ0) is 49.9. The molecular weight excluding hydrogens is 1100 g/mol. The molecule has 72 heavy (non-hydrogen) atoms. The van der Waals surface area contributed by atoms with Crippen molar-refractivity contribution < 1.29 is 26.2 Å². The first-order valence-electron chi connectivity index (χ1n) is 24.7. The van der Waals surface area contributed by atoms with E-state index in [0.717, 1.165) is 71.1 Å². The molecule has 0 spiro atoms. The minimum absolute atomic E-state index is 0. The van der Waals surface area contributed by atoms with Crippen molar-refractivity contribution in [3.05, 3.63) is 174 Å². The Labute approximate surface area is 448 Å². The van der Waals surface area contributed by atoms with E-state index in [9.17, 15) is 5.11 Å². The largest absolute Gasteiger partial charge is 0.507 e. The van der Waals surface area contributed by atoms with Crippen LogP contribution in [0.1, 0.15) is 105 Å². The molecule has 0 radical (unpaired) electrons. The van der Waals surface area contributed by atoms with E-state index >= 15 is 0 Å². The van der Waals surface area contributed by atoms with Gasteiger partial charge in [-0.15, -0.1) is 29.3 Å². The number of imidazole rings is 1. The first-order valence-corrected chi connectivity index (χ1v) is 26.3. The monoisotopic (exact) mass is 1160 g/mol. The number of pyridine rings is 1. The van der Waals surface area contributed by atoms with Crippen molar-refractivity contribution in [1.82, 2.24) is 14.5 Å². The molecule has 5 nitrogen and oxygen atoms in total. The van der Waals surface area contributed by atoms with E-state index in [4.69, 9.17) is 9.97 Å². The Morgan fingerprint density at radius 2 is 1.11 bits per heavy atom. The van der Waals surface area contributed by atoms with Crippen LogP contribution in [0.3, 0.4) is 0 Å². The van der Waals surface area contributed by atoms with Crippen molar-refractivity contribution in [2.45, 2.75) is 124 Å². The van der Waals surface area contributed by atoms with E-state index in [2.05, 4.69) is 244 Å². The van der Waals surface area contributed by atoms with E-state index < -0.39 is 0 Å². The van der Waals surface area contributed by atoms with E-state index in [1.807, 2.05) is 0 Å². The van der Waals surface area contributed by atoms with Crippen molar-refractivity contribution in [3.8, 4) is 56.3 Å². The maximum absolute atomic E-state index is 12.7. The fourth-order valence-corrected chi connectivity index (χ4v) is 12.3. The van der Waals surface area contributed by atoms with Gasteiger partial charge in [-0.1, -0.05) is 197 Å². The van der Waals surface area contributed by atoms with Crippen LogP contribution in [0.15, 0.2) is 165 Å². The van der Waals surface area contributed by atoms with Gasteiger partial charge in [0.05, 0.1) is 44.2 Å². The summed E-state index contributed by atoms with van der Waals surface area (Å²) >= 11 is 3.58. The summed E-state index contributed by atoms with van der Waals surface area (Å²) in [5, 5.41) is 12.7. The molecule has 4 heterocycles. The van der Waals surface area contributed by atoms with Crippen molar-refractivity contribution in [1.29, 1.82) is 0 Å². The van der Waals surface area contributed by atoms with Crippen LogP contribution in [-0.4, -0.2) is 19.6 Å². The third-order valence-electron chi connectivity index (χ3n) is 14.0. The van der Waals surface area contributed by atoms with Gasteiger partial charge in [-0.3, -0.25) is 9.55 Å². The molecule has 1 N–H and O–H groups in total. The van der Waals surface area contributed by atoms with Crippen LogP contribution < -0.4 is 4.90 Å². The van der Waals surface area contributed by atoms with Crippen LogP contribution in [0, 0.1) is 6.07 Å². The van der Waals surface area contributed by atoms with Crippen LogP contribution >= 0.6 is 23.5 Å². The molecule has 0 bridgehead atoms. The minimum atomic E-state index is -0.339. The molecule has 0 saturated carbocycles. The van der Waals surface area contributed by atoms with Gasteiger partial charge in [0, 0.05) is 58.8 Å². The van der Waals surface area contributed by atoms with Crippen LogP contribution in [0.2, 0.25) is 0 Å². The minimum Gasteiger partial charge on any atom is -0.507 e. The summed E-state index contributed by atoms with van der Waals surface area (Å²) in [4.78, 5) is 18.2. The maximum Gasteiger partial charge on any atom is 0.148 e. The van der Waals surface area contributed by atoms with Crippen molar-refractivity contribution in [3.63, 3.8) is 0 Å². The van der Waals surface area contributed by atoms with E-state index in [-0.39, 0.29) is 48.5 Å². The number of phenolic OH excluding ortho intramolecular Hbond substituents is 1.